The van der Waals surface area contributed by atoms with Crippen molar-refractivity contribution >= 4 is 6.09 Å². The predicted molar refractivity (Wildman–Crippen MR) is 65.8 cm³/mol. The molecule has 1 aromatic carbocycles. The van der Waals surface area contributed by atoms with E-state index in [1.807, 2.05) is 43.3 Å². The maximum absolute atomic E-state index is 12.0. The average molecular weight is 245 g/mol. The number of benzene rings is 1. The molecule has 0 spiro atoms. The molecule has 2 aliphatic rings. The number of hydrogen-bond donors (Lipinski definition) is 0. The van der Waals surface area contributed by atoms with E-state index in [1.54, 1.807) is 11.2 Å². The van der Waals surface area contributed by atoms with Crippen LogP contribution in [0, 0.1) is 0 Å². The van der Waals surface area contributed by atoms with Gasteiger partial charge in [0.2, 0.25) is 0 Å². The predicted octanol–water partition coefficient (Wildman–Crippen LogP) is 2.31. The standard InChI is InChI=1S/C14H15NO3/c1-14-7-8-17-10-12(14)18-13(16)15(14)9-11-5-3-2-4-6-11/h2-8,12H,9-10H2,1H3. The van der Waals surface area contributed by atoms with E-state index in [9.17, 15) is 4.79 Å². The molecule has 1 amide bonds. The van der Waals surface area contributed by atoms with Crippen LogP contribution in [0.4, 0.5) is 4.79 Å². The lowest BCUT2D eigenvalue weighted by molar-refractivity contribution is 0.0439. The van der Waals surface area contributed by atoms with Gasteiger partial charge >= 0.3 is 6.09 Å². The first-order valence-electron chi connectivity index (χ1n) is 6.01. The van der Waals surface area contributed by atoms with Gasteiger partial charge in [-0.25, -0.2) is 4.79 Å². The first-order chi connectivity index (χ1) is 8.70. The van der Waals surface area contributed by atoms with Crippen LogP contribution < -0.4 is 0 Å². The van der Waals surface area contributed by atoms with Crippen molar-refractivity contribution in [3.8, 4) is 0 Å². The first kappa shape index (κ1) is 11.1. The third kappa shape index (κ3) is 1.65. The summed E-state index contributed by atoms with van der Waals surface area (Å²) in [6.45, 7) is 2.98. The number of ether oxygens (including phenoxy) is 2. The Labute approximate surface area is 106 Å². The highest BCUT2D eigenvalue weighted by atomic mass is 16.6. The van der Waals surface area contributed by atoms with E-state index in [4.69, 9.17) is 9.47 Å². The highest BCUT2D eigenvalue weighted by Gasteiger charge is 2.51. The second-order valence-electron chi connectivity index (χ2n) is 4.81. The number of carbonyl (C=O) groups is 1. The molecule has 3 rings (SSSR count). The Morgan fingerprint density at radius 3 is 2.94 bits per heavy atom. The molecule has 94 valence electrons. The topological polar surface area (TPSA) is 38.8 Å². The Hall–Kier alpha value is -1.97. The van der Waals surface area contributed by atoms with E-state index >= 15 is 0 Å². The highest BCUT2D eigenvalue weighted by molar-refractivity contribution is 5.72. The summed E-state index contributed by atoms with van der Waals surface area (Å²) in [6.07, 6.45) is 3.05. The molecule has 0 N–H and O–H groups in total. The minimum Gasteiger partial charge on any atom is -0.497 e. The van der Waals surface area contributed by atoms with Crippen molar-refractivity contribution in [3.63, 3.8) is 0 Å². The van der Waals surface area contributed by atoms with Crippen molar-refractivity contribution < 1.29 is 14.3 Å². The van der Waals surface area contributed by atoms with E-state index in [0.717, 1.165) is 5.56 Å². The van der Waals surface area contributed by atoms with Gasteiger partial charge in [-0.2, -0.15) is 0 Å². The quantitative estimate of drug-likeness (QED) is 0.802. The Morgan fingerprint density at radius 2 is 2.17 bits per heavy atom. The summed E-state index contributed by atoms with van der Waals surface area (Å²) in [5.74, 6) is 0. The summed E-state index contributed by atoms with van der Waals surface area (Å²) in [4.78, 5) is 13.7. The van der Waals surface area contributed by atoms with Crippen LogP contribution in [-0.2, 0) is 16.0 Å². The molecule has 2 aliphatic heterocycles. The van der Waals surface area contributed by atoms with Crippen LogP contribution in [0.2, 0.25) is 0 Å². The Kier molecular flexibility index (Phi) is 2.51. The fourth-order valence-corrected chi connectivity index (χ4v) is 2.40. The molecule has 4 nitrogen and oxygen atoms in total. The number of fused-ring (bicyclic) bond motifs is 1. The molecule has 0 bridgehead atoms. The van der Waals surface area contributed by atoms with Gasteiger partial charge in [0.25, 0.3) is 0 Å². The van der Waals surface area contributed by atoms with Crippen LogP contribution in [-0.4, -0.2) is 29.2 Å². The van der Waals surface area contributed by atoms with Gasteiger partial charge in [-0.15, -0.1) is 0 Å². The third-order valence-corrected chi connectivity index (χ3v) is 3.63. The van der Waals surface area contributed by atoms with Crippen molar-refractivity contribution in [2.24, 2.45) is 0 Å². The molecule has 4 heteroatoms. The zero-order valence-electron chi connectivity index (χ0n) is 10.2. The molecule has 2 heterocycles. The summed E-state index contributed by atoms with van der Waals surface area (Å²) in [5.41, 5.74) is 0.682. The molecule has 1 aromatic rings. The van der Waals surface area contributed by atoms with Gasteiger partial charge in [-0.1, -0.05) is 30.3 Å². The fourth-order valence-electron chi connectivity index (χ4n) is 2.40. The highest BCUT2D eigenvalue weighted by Crippen LogP contribution is 2.35. The largest absolute Gasteiger partial charge is 0.497 e. The van der Waals surface area contributed by atoms with Gasteiger partial charge in [0.05, 0.1) is 12.8 Å². The average Bonchev–Trinajstić information content (AvgIpc) is 2.63. The summed E-state index contributed by atoms with van der Waals surface area (Å²) in [5, 5.41) is 0. The lowest BCUT2D eigenvalue weighted by atomic mass is 9.92. The van der Waals surface area contributed by atoms with Crippen LogP contribution in [0.3, 0.4) is 0 Å². The lowest BCUT2D eigenvalue weighted by Crippen LogP contribution is -2.49. The van der Waals surface area contributed by atoms with Crippen molar-refractivity contribution in [3.05, 3.63) is 48.2 Å². The van der Waals surface area contributed by atoms with E-state index < -0.39 is 5.54 Å². The first-order valence-corrected chi connectivity index (χ1v) is 6.01. The number of hydrogen-bond acceptors (Lipinski definition) is 3. The zero-order valence-corrected chi connectivity index (χ0v) is 10.2. The van der Waals surface area contributed by atoms with Crippen LogP contribution in [0.1, 0.15) is 12.5 Å². The number of amides is 1. The Balaban J connectivity index is 1.88. The van der Waals surface area contributed by atoms with E-state index in [2.05, 4.69) is 0 Å². The number of nitrogens with zero attached hydrogens (tertiary/aromatic N) is 1. The maximum atomic E-state index is 12.0. The van der Waals surface area contributed by atoms with Gasteiger partial charge in [-0.3, -0.25) is 4.90 Å². The van der Waals surface area contributed by atoms with Crippen LogP contribution in [0.25, 0.3) is 0 Å². The van der Waals surface area contributed by atoms with Crippen molar-refractivity contribution in [1.82, 2.24) is 4.90 Å². The lowest BCUT2D eigenvalue weighted by Gasteiger charge is -2.34. The van der Waals surface area contributed by atoms with Gasteiger partial charge in [0, 0.05) is 0 Å². The molecular weight excluding hydrogens is 230 g/mol. The third-order valence-electron chi connectivity index (χ3n) is 3.63. The smallest absolute Gasteiger partial charge is 0.411 e. The van der Waals surface area contributed by atoms with E-state index in [-0.39, 0.29) is 12.2 Å². The number of rotatable bonds is 2. The second-order valence-corrected chi connectivity index (χ2v) is 4.81. The molecule has 0 aromatic heterocycles. The Morgan fingerprint density at radius 1 is 1.39 bits per heavy atom. The molecule has 0 aliphatic carbocycles. The zero-order chi connectivity index (χ0) is 12.6. The van der Waals surface area contributed by atoms with E-state index in [0.29, 0.717) is 13.2 Å². The van der Waals surface area contributed by atoms with Crippen LogP contribution in [0.5, 0.6) is 0 Å². The van der Waals surface area contributed by atoms with Gasteiger partial charge < -0.3 is 9.47 Å². The molecule has 2 atom stereocenters. The molecule has 0 saturated carbocycles. The van der Waals surface area contributed by atoms with Crippen LogP contribution in [0.15, 0.2) is 42.7 Å². The van der Waals surface area contributed by atoms with Crippen molar-refractivity contribution in [2.75, 3.05) is 6.61 Å². The fraction of sp³-hybridized carbons (Fsp3) is 0.357. The summed E-state index contributed by atoms with van der Waals surface area (Å²) < 4.78 is 10.6. The maximum Gasteiger partial charge on any atom is 0.411 e. The van der Waals surface area contributed by atoms with Crippen molar-refractivity contribution in [2.45, 2.75) is 25.1 Å². The molecule has 0 radical (unpaired) electrons. The summed E-state index contributed by atoms with van der Waals surface area (Å²) >= 11 is 0. The van der Waals surface area contributed by atoms with Crippen molar-refractivity contribution in [1.29, 1.82) is 0 Å². The molecule has 18 heavy (non-hydrogen) atoms. The Bertz CT molecular complexity index is 485. The van der Waals surface area contributed by atoms with E-state index in [1.165, 1.54) is 0 Å². The minimum atomic E-state index is -0.412. The van der Waals surface area contributed by atoms with Gasteiger partial charge in [0.1, 0.15) is 12.1 Å². The van der Waals surface area contributed by atoms with Crippen LogP contribution >= 0.6 is 0 Å². The summed E-state index contributed by atoms with van der Waals surface area (Å²) in [7, 11) is 0. The second kappa shape index (κ2) is 4.05. The molecule has 2 unspecified atom stereocenters. The van der Waals surface area contributed by atoms with Gasteiger partial charge in [-0.05, 0) is 18.6 Å². The monoisotopic (exact) mass is 245 g/mol. The molecule has 1 saturated heterocycles. The number of carbonyl (C=O) groups excluding carboxylic acids is 1. The normalized spacial score (nSPS) is 29.7. The molecule has 1 fully saturated rings. The van der Waals surface area contributed by atoms with Gasteiger partial charge in [0.15, 0.2) is 6.10 Å². The summed E-state index contributed by atoms with van der Waals surface area (Å²) in [6, 6.07) is 9.91. The molecular formula is C14H15NO3. The minimum absolute atomic E-state index is 0.223. The SMILES string of the molecule is CC12C=COCC1OC(=O)N2Cc1ccccc1.